The molecule has 0 spiro atoms. The van der Waals surface area contributed by atoms with Crippen molar-refractivity contribution in [2.24, 2.45) is 0 Å². The van der Waals surface area contributed by atoms with E-state index in [1.165, 1.54) is 16.4 Å². The molecule has 0 radical (unpaired) electrons. The summed E-state index contributed by atoms with van der Waals surface area (Å²) in [6.45, 7) is 0.419. The highest BCUT2D eigenvalue weighted by Crippen LogP contribution is 2.15. The van der Waals surface area contributed by atoms with Crippen LogP contribution in [0.15, 0.2) is 29.2 Å². The lowest BCUT2D eigenvalue weighted by atomic mass is 10.2. The molecule has 17 heavy (non-hydrogen) atoms. The van der Waals surface area contributed by atoms with Gasteiger partial charge in [0.2, 0.25) is 10.0 Å². The third-order valence-electron chi connectivity index (χ3n) is 2.31. The minimum Gasteiger partial charge on any atom is -0.207 e. The first-order chi connectivity index (χ1) is 8.02. The van der Waals surface area contributed by atoms with Gasteiger partial charge in [0.15, 0.2) is 0 Å². The number of hydrogen-bond donors (Lipinski definition) is 0. The molecule has 0 bridgehead atoms. The van der Waals surface area contributed by atoms with E-state index < -0.39 is 10.0 Å². The third-order valence-corrected chi connectivity index (χ3v) is 4.54. The van der Waals surface area contributed by atoms with Crippen LogP contribution >= 0.6 is 15.9 Å². The summed E-state index contributed by atoms with van der Waals surface area (Å²) in [6.07, 6.45) is 0.289. The number of nitrogens with zero attached hydrogens (tertiary/aromatic N) is 2. The van der Waals surface area contributed by atoms with Crippen molar-refractivity contribution in [2.45, 2.75) is 11.3 Å². The Morgan fingerprint density at radius 2 is 1.94 bits per heavy atom. The van der Waals surface area contributed by atoms with Crippen LogP contribution in [0.3, 0.4) is 0 Å². The second-order valence-electron chi connectivity index (χ2n) is 3.49. The van der Waals surface area contributed by atoms with Crippen molar-refractivity contribution in [3.63, 3.8) is 0 Å². The average Bonchev–Trinajstić information content (AvgIpc) is 2.30. The smallest absolute Gasteiger partial charge is 0.207 e. The lowest BCUT2D eigenvalue weighted by molar-refractivity contribution is 0.489. The Kier molecular flexibility index (Phi) is 5.12. The van der Waals surface area contributed by atoms with Crippen LogP contribution in [0.25, 0.3) is 0 Å². The standard InChI is InChI=1S/C11H13BrN2O2S/c1-14(9-7-12)17(15,16)11-4-2-10(3-5-11)6-8-13/h2-5H,6-7,9H2,1H3. The van der Waals surface area contributed by atoms with Crippen LogP contribution in [0.5, 0.6) is 0 Å². The fourth-order valence-corrected chi connectivity index (χ4v) is 3.23. The molecule has 0 aliphatic heterocycles. The first-order valence-electron chi connectivity index (χ1n) is 5.00. The highest BCUT2D eigenvalue weighted by atomic mass is 79.9. The minimum atomic E-state index is -3.41. The highest BCUT2D eigenvalue weighted by molar-refractivity contribution is 9.09. The van der Waals surface area contributed by atoms with Crippen LogP contribution in [0.1, 0.15) is 5.56 Å². The van der Waals surface area contributed by atoms with E-state index >= 15 is 0 Å². The molecule has 0 unspecified atom stereocenters. The van der Waals surface area contributed by atoms with Gasteiger partial charge in [-0.3, -0.25) is 0 Å². The van der Waals surface area contributed by atoms with Crippen molar-refractivity contribution in [2.75, 3.05) is 18.9 Å². The highest BCUT2D eigenvalue weighted by Gasteiger charge is 2.19. The van der Waals surface area contributed by atoms with Gasteiger partial charge in [0, 0.05) is 18.9 Å². The molecule has 0 aliphatic rings. The lowest BCUT2D eigenvalue weighted by Gasteiger charge is -2.15. The fraction of sp³-hybridized carbons (Fsp3) is 0.364. The van der Waals surface area contributed by atoms with Crippen LogP contribution in [0.4, 0.5) is 0 Å². The molecule has 0 saturated heterocycles. The van der Waals surface area contributed by atoms with Crippen molar-refractivity contribution in [1.82, 2.24) is 4.31 Å². The summed E-state index contributed by atoms with van der Waals surface area (Å²) in [5.74, 6) is 0. The molecule has 6 heteroatoms. The molecule has 0 aliphatic carbocycles. The Hall–Kier alpha value is -0.900. The van der Waals surface area contributed by atoms with Crippen molar-refractivity contribution in [3.05, 3.63) is 29.8 Å². The quantitative estimate of drug-likeness (QED) is 0.778. The molecule has 0 atom stereocenters. The zero-order chi connectivity index (χ0) is 12.9. The lowest BCUT2D eigenvalue weighted by Crippen LogP contribution is -2.28. The SMILES string of the molecule is CN(CCBr)S(=O)(=O)c1ccc(CC#N)cc1. The van der Waals surface area contributed by atoms with Gasteiger partial charge in [-0.15, -0.1) is 0 Å². The van der Waals surface area contributed by atoms with Gasteiger partial charge in [0.1, 0.15) is 0 Å². The maximum absolute atomic E-state index is 12.0. The molecule has 0 heterocycles. The first-order valence-corrected chi connectivity index (χ1v) is 7.56. The molecule has 1 aromatic rings. The first kappa shape index (κ1) is 14.2. The van der Waals surface area contributed by atoms with E-state index in [4.69, 9.17) is 5.26 Å². The number of alkyl halides is 1. The molecule has 0 aromatic heterocycles. The van der Waals surface area contributed by atoms with E-state index in [0.29, 0.717) is 11.9 Å². The summed E-state index contributed by atoms with van der Waals surface area (Å²) in [7, 11) is -1.87. The molecule has 0 saturated carbocycles. The number of halogens is 1. The van der Waals surface area contributed by atoms with Crippen LogP contribution in [-0.4, -0.2) is 31.6 Å². The summed E-state index contributed by atoms with van der Waals surface area (Å²) in [6, 6.07) is 8.42. The van der Waals surface area contributed by atoms with Crippen molar-refractivity contribution in [1.29, 1.82) is 5.26 Å². The zero-order valence-electron chi connectivity index (χ0n) is 9.43. The number of hydrogen-bond acceptors (Lipinski definition) is 3. The van der Waals surface area contributed by atoms with Crippen molar-refractivity contribution in [3.8, 4) is 6.07 Å². The van der Waals surface area contributed by atoms with Crippen LogP contribution < -0.4 is 0 Å². The van der Waals surface area contributed by atoms with E-state index in [2.05, 4.69) is 15.9 Å². The number of sulfonamides is 1. The van der Waals surface area contributed by atoms with Gasteiger partial charge >= 0.3 is 0 Å². The molecule has 4 nitrogen and oxygen atoms in total. The summed E-state index contributed by atoms with van der Waals surface area (Å²) in [4.78, 5) is 0.252. The molecule has 0 fully saturated rings. The molecule has 0 N–H and O–H groups in total. The van der Waals surface area contributed by atoms with Gasteiger partial charge in [0.25, 0.3) is 0 Å². The molecule has 92 valence electrons. The van der Waals surface area contributed by atoms with Crippen LogP contribution in [0.2, 0.25) is 0 Å². The van der Waals surface area contributed by atoms with Gasteiger partial charge in [-0.1, -0.05) is 28.1 Å². The summed E-state index contributed by atoms with van der Waals surface area (Å²) in [5.41, 5.74) is 0.814. The molecule has 1 rings (SSSR count). The Morgan fingerprint density at radius 3 is 2.41 bits per heavy atom. The monoisotopic (exact) mass is 316 g/mol. The van der Waals surface area contributed by atoms with E-state index in [1.54, 1.807) is 19.2 Å². The fourth-order valence-electron chi connectivity index (χ4n) is 1.29. The normalized spacial score (nSPS) is 11.4. The van der Waals surface area contributed by atoms with Gasteiger partial charge < -0.3 is 0 Å². The molecular weight excluding hydrogens is 304 g/mol. The predicted octanol–water partition coefficient (Wildman–Crippen LogP) is 1.77. The largest absolute Gasteiger partial charge is 0.242 e. The molecular formula is C11H13BrN2O2S. The summed E-state index contributed by atoms with van der Waals surface area (Å²) >= 11 is 3.20. The topological polar surface area (TPSA) is 61.2 Å². The second kappa shape index (κ2) is 6.15. The van der Waals surface area contributed by atoms with E-state index in [1.807, 2.05) is 6.07 Å². The Bertz CT molecular complexity index is 505. The third kappa shape index (κ3) is 3.53. The average molecular weight is 317 g/mol. The van der Waals surface area contributed by atoms with Crippen molar-refractivity contribution < 1.29 is 8.42 Å². The Labute approximate surface area is 110 Å². The van der Waals surface area contributed by atoms with E-state index in [-0.39, 0.29) is 11.3 Å². The number of rotatable bonds is 5. The van der Waals surface area contributed by atoms with Crippen molar-refractivity contribution >= 4 is 26.0 Å². The van der Waals surface area contributed by atoms with Gasteiger partial charge in [-0.2, -0.15) is 5.26 Å². The molecule has 1 aromatic carbocycles. The van der Waals surface area contributed by atoms with Gasteiger partial charge in [0.05, 0.1) is 17.4 Å². The van der Waals surface area contributed by atoms with Gasteiger partial charge in [-0.25, -0.2) is 12.7 Å². The van der Waals surface area contributed by atoms with Crippen LogP contribution in [-0.2, 0) is 16.4 Å². The summed E-state index contributed by atoms with van der Waals surface area (Å²) < 4.78 is 25.4. The maximum atomic E-state index is 12.0. The zero-order valence-corrected chi connectivity index (χ0v) is 11.8. The van der Waals surface area contributed by atoms with Gasteiger partial charge in [-0.05, 0) is 17.7 Å². The Morgan fingerprint density at radius 1 is 1.35 bits per heavy atom. The van der Waals surface area contributed by atoms with Crippen LogP contribution in [0, 0.1) is 11.3 Å². The second-order valence-corrected chi connectivity index (χ2v) is 6.33. The van der Waals surface area contributed by atoms with E-state index in [0.717, 1.165) is 5.56 Å². The number of nitriles is 1. The minimum absolute atomic E-state index is 0.252. The number of benzene rings is 1. The Balaban J connectivity index is 2.97. The maximum Gasteiger partial charge on any atom is 0.242 e. The van der Waals surface area contributed by atoms with E-state index in [9.17, 15) is 8.42 Å². The summed E-state index contributed by atoms with van der Waals surface area (Å²) in [5, 5.41) is 9.12. The molecule has 0 amide bonds. The predicted molar refractivity (Wildman–Crippen MR) is 69.4 cm³/mol.